The van der Waals surface area contributed by atoms with Crippen LogP contribution in [0.4, 0.5) is 0 Å². The first kappa shape index (κ1) is 44.9. The summed E-state index contributed by atoms with van der Waals surface area (Å²) in [6.07, 6.45) is -8.77. The molecular formula is C39H55N3O17. The summed E-state index contributed by atoms with van der Waals surface area (Å²) < 4.78 is 33.7. The molecule has 328 valence electrons. The zero-order valence-corrected chi connectivity index (χ0v) is 33.2. The van der Waals surface area contributed by atoms with Crippen LogP contribution in [0.15, 0.2) is 30.3 Å². The van der Waals surface area contributed by atoms with Crippen LogP contribution >= 0.6 is 0 Å². The number of carbonyl (C=O) groups excluding carboxylic acids is 4. The van der Waals surface area contributed by atoms with Crippen LogP contribution < -0.4 is 10.6 Å². The minimum Gasteiger partial charge on any atom is -0.460 e. The number of benzene rings is 1. The molecule has 1 aromatic rings. The summed E-state index contributed by atoms with van der Waals surface area (Å²) >= 11 is 0. The van der Waals surface area contributed by atoms with Gasteiger partial charge in [0.1, 0.15) is 72.7 Å². The van der Waals surface area contributed by atoms with Gasteiger partial charge < -0.3 is 69.7 Å². The Hall–Kier alpha value is -3.64. The summed E-state index contributed by atoms with van der Waals surface area (Å²) in [4.78, 5) is 60.8. The van der Waals surface area contributed by atoms with Gasteiger partial charge in [-0.3, -0.25) is 24.0 Å². The fraction of sp³-hybridized carbons (Fsp3) is 0.692. The van der Waals surface area contributed by atoms with Crippen molar-refractivity contribution in [1.29, 1.82) is 0 Å². The number of hydroxylamine groups is 2. The van der Waals surface area contributed by atoms with Crippen LogP contribution in [0, 0.1) is 5.41 Å². The molecule has 6 rings (SSSR count). The Bertz CT molecular complexity index is 1700. The van der Waals surface area contributed by atoms with E-state index in [9.17, 15) is 49.8 Å². The van der Waals surface area contributed by atoms with Gasteiger partial charge in [-0.1, -0.05) is 36.4 Å². The molecule has 4 heterocycles. The van der Waals surface area contributed by atoms with E-state index in [2.05, 4.69) is 10.6 Å². The van der Waals surface area contributed by atoms with E-state index >= 15 is 0 Å². The first-order valence-corrected chi connectivity index (χ1v) is 19.6. The molecule has 4 saturated heterocycles. The normalized spacial score (nSPS) is 34.4. The van der Waals surface area contributed by atoms with E-state index in [1.165, 1.54) is 12.0 Å². The van der Waals surface area contributed by atoms with Crippen LogP contribution in [0.5, 0.6) is 0 Å². The molecular weight excluding hydrogens is 782 g/mol. The van der Waals surface area contributed by atoms with Gasteiger partial charge in [0.25, 0.3) is 0 Å². The van der Waals surface area contributed by atoms with E-state index in [4.69, 9.17) is 33.3 Å². The van der Waals surface area contributed by atoms with Crippen molar-refractivity contribution in [2.24, 2.45) is 5.41 Å². The van der Waals surface area contributed by atoms with Gasteiger partial charge >= 0.3 is 11.9 Å². The Morgan fingerprint density at radius 3 is 2.51 bits per heavy atom. The molecule has 2 bridgehead atoms. The maximum atomic E-state index is 14.6. The van der Waals surface area contributed by atoms with E-state index in [1.54, 1.807) is 57.2 Å². The molecule has 4 aliphatic heterocycles. The van der Waals surface area contributed by atoms with Gasteiger partial charge in [0.15, 0.2) is 12.3 Å². The molecule has 1 saturated carbocycles. The maximum absolute atomic E-state index is 14.6. The summed E-state index contributed by atoms with van der Waals surface area (Å²) in [7, 11) is 0. The molecule has 5 fully saturated rings. The largest absolute Gasteiger partial charge is 0.460 e. The molecule has 5 aliphatic rings. The Morgan fingerprint density at radius 1 is 1.07 bits per heavy atom. The summed E-state index contributed by atoms with van der Waals surface area (Å²) in [5.41, 5.74) is -1.03. The smallest absolute Gasteiger partial charge is 0.327 e. The fourth-order valence-corrected chi connectivity index (χ4v) is 8.21. The third-order valence-corrected chi connectivity index (χ3v) is 11.0. The van der Waals surface area contributed by atoms with Crippen LogP contribution in [0.25, 0.3) is 6.08 Å². The van der Waals surface area contributed by atoms with E-state index in [1.807, 2.05) is 0 Å². The third-order valence-electron chi connectivity index (χ3n) is 11.0. The quantitative estimate of drug-likeness (QED) is 0.0801. The number of carbonyl (C=O) groups is 4. The molecule has 1 aromatic carbocycles. The molecule has 59 heavy (non-hydrogen) atoms. The van der Waals surface area contributed by atoms with Crippen LogP contribution in [-0.2, 0) is 59.0 Å². The minimum atomic E-state index is -1.66. The first-order valence-electron chi connectivity index (χ1n) is 19.6. The summed E-state index contributed by atoms with van der Waals surface area (Å²) in [6.45, 7) is 5.11. The molecule has 20 nitrogen and oxygen atoms in total. The highest BCUT2D eigenvalue weighted by molar-refractivity contribution is 5.96. The number of aliphatic hydroxyl groups excluding tert-OH is 6. The van der Waals surface area contributed by atoms with E-state index in [0.29, 0.717) is 11.1 Å². The Kier molecular flexibility index (Phi) is 14.1. The monoisotopic (exact) mass is 837 g/mol. The highest BCUT2D eigenvalue weighted by Crippen LogP contribution is 2.55. The van der Waals surface area contributed by atoms with Gasteiger partial charge in [-0.05, 0) is 45.2 Å². The summed E-state index contributed by atoms with van der Waals surface area (Å²) in [5, 5.41) is 67.0. The topological polar surface area (TPSA) is 282 Å². The fourth-order valence-electron chi connectivity index (χ4n) is 8.21. The predicted molar refractivity (Wildman–Crippen MR) is 199 cm³/mol. The van der Waals surface area contributed by atoms with Crippen molar-refractivity contribution in [3.63, 3.8) is 0 Å². The van der Waals surface area contributed by atoms with Crippen molar-refractivity contribution >= 4 is 29.8 Å². The average molecular weight is 838 g/mol. The zero-order chi connectivity index (χ0) is 42.8. The Labute approximate surface area is 340 Å². The Morgan fingerprint density at radius 2 is 1.81 bits per heavy atom. The first-order chi connectivity index (χ1) is 28.0. The lowest BCUT2D eigenvalue weighted by Crippen LogP contribution is -2.71. The van der Waals surface area contributed by atoms with Gasteiger partial charge in [0, 0.05) is 12.8 Å². The molecule has 1 aliphatic carbocycles. The van der Waals surface area contributed by atoms with Gasteiger partial charge in [-0.15, -0.1) is 0 Å². The highest BCUT2D eigenvalue weighted by atomic mass is 16.8. The van der Waals surface area contributed by atoms with Crippen molar-refractivity contribution < 1.29 is 83.1 Å². The molecule has 0 spiro atoms. The lowest BCUT2D eigenvalue weighted by atomic mass is 9.62. The number of nitrogens with one attached hydrogen (secondary N) is 2. The number of nitrogens with zero attached hydrogens (tertiary/aromatic N) is 1. The van der Waals surface area contributed by atoms with Crippen LogP contribution in [0.1, 0.15) is 58.1 Å². The standard InChI is InChI=1S/C39H55N3O17/c1-19(45)26(34(50)40-22(16-43)10-11-25(46)58-38(2,3)4)41-37(52)39-14-23-30-31(55-18-54-30)33(39)59-42(32(39)35(51)56-23)15-21-8-5-7-20(13-21)9-6-12-53-36-29(49)28(48)27(47)24(17-44)57-36/h5-9,13,19,22-24,26-33,36,43-45,47-49H,10-12,14-18H2,1-4H3,(H,40,50)(H,41,52)/t19-,22-,23+,24+,26+,27-,28-,29+,30-,31-,32-,33+,36-,39-/m0/s1. The number of ether oxygens (including phenoxy) is 6. The van der Waals surface area contributed by atoms with Crippen molar-refractivity contribution in [2.45, 2.75) is 138 Å². The second-order valence-electron chi connectivity index (χ2n) is 16.5. The molecule has 0 aromatic heterocycles. The van der Waals surface area contributed by atoms with Gasteiger partial charge in [-0.2, -0.15) is 5.06 Å². The van der Waals surface area contributed by atoms with Gasteiger partial charge in [0.2, 0.25) is 11.8 Å². The molecule has 0 radical (unpaired) electrons. The third kappa shape index (κ3) is 9.64. The van der Waals surface area contributed by atoms with Crippen LogP contribution in [0.2, 0.25) is 0 Å². The van der Waals surface area contributed by atoms with E-state index in [0.717, 1.165) is 0 Å². The van der Waals surface area contributed by atoms with Crippen molar-refractivity contribution in [3.8, 4) is 0 Å². The van der Waals surface area contributed by atoms with E-state index in [-0.39, 0.29) is 39.2 Å². The molecule has 2 amide bonds. The average Bonchev–Trinajstić information content (AvgIpc) is 3.81. The number of rotatable bonds is 16. The van der Waals surface area contributed by atoms with Crippen LogP contribution in [0.3, 0.4) is 0 Å². The lowest BCUT2D eigenvalue weighted by Gasteiger charge is -2.49. The molecule has 8 N–H and O–H groups in total. The number of hydrogen-bond donors (Lipinski definition) is 8. The van der Waals surface area contributed by atoms with Crippen molar-refractivity contribution in [2.75, 3.05) is 26.6 Å². The molecule has 0 unspecified atom stereocenters. The van der Waals surface area contributed by atoms with E-state index < -0.39 is 127 Å². The zero-order valence-electron chi connectivity index (χ0n) is 33.2. The number of amides is 2. The Balaban J connectivity index is 1.16. The highest BCUT2D eigenvalue weighted by Gasteiger charge is 2.75. The molecule has 20 heteroatoms. The maximum Gasteiger partial charge on any atom is 0.327 e. The number of fused-ring (bicyclic) bond motifs is 4. The number of esters is 2. The molecule has 14 atom stereocenters. The lowest BCUT2D eigenvalue weighted by molar-refractivity contribution is -0.298. The van der Waals surface area contributed by atoms with Crippen LogP contribution in [-0.4, -0.2) is 171 Å². The van der Waals surface area contributed by atoms with Crippen molar-refractivity contribution in [1.82, 2.24) is 15.7 Å². The van der Waals surface area contributed by atoms with Gasteiger partial charge in [-0.25, -0.2) is 0 Å². The summed E-state index contributed by atoms with van der Waals surface area (Å²) in [6, 6.07) is 3.38. The second-order valence-corrected chi connectivity index (χ2v) is 16.5. The van der Waals surface area contributed by atoms with Gasteiger partial charge in [0.05, 0.1) is 38.5 Å². The summed E-state index contributed by atoms with van der Waals surface area (Å²) in [5.74, 6) is -2.88. The second kappa shape index (κ2) is 18.5. The minimum absolute atomic E-state index is 0.00655. The predicted octanol–water partition coefficient (Wildman–Crippen LogP) is -2.48. The SMILES string of the molecule is C[C@H](O)[C@@H](NC(=O)[C@@]12C[C@H]3OC(=O)[C@@H]1N(Cc1cccc(C=CCO[C@H]4O[C@H](CO)[C@H](O)[C@H](O)[C@H]4O)c1)O[C@@H]2[C@H]1OCO[C@H]13)C(=O)N[C@H](CO)CCC(=O)OC(C)(C)C. The number of aliphatic hydroxyl groups is 6. The van der Waals surface area contributed by atoms with Crippen molar-refractivity contribution in [3.05, 3.63) is 41.5 Å². The number of hydrogen-bond acceptors (Lipinski definition) is 18.